The number of halogens is 3. The van der Waals surface area contributed by atoms with Gasteiger partial charge in [-0.2, -0.15) is 13.2 Å². The topological polar surface area (TPSA) is 88.0 Å². The molecule has 4 N–H and O–H groups in total. The average Bonchev–Trinajstić information content (AvgIpc) is 3.04. The van der Waals surface area contributed by atoms with Crippen LogP contribution in [0.2, 0.25) is 0 Å². The first kappa shape index (κ1) is 18.5. The first-order chi connectivity index (χ1) is 12.7. The fourth-order valence-corrected chi connectivity index (χ4v) is 2.80. The van der Waals surface area contributed by atoms with E-state index in [-0.39, 0.29) is 17.6 Å². The number of fused-ring (bicyclic) bond motifs is 1. The molecule has 0 spiro atoms. The lowest BCUT2D eigenvalue weighted by Crippen LogP contribution is -2.32. The number of nitrogens with one attached hydrogen (secondary N) is 2. The number of hydrogen-bond donors (Lipinski definition) is 3. The van der Waals surface area contributed by atoms with Crippen molar-refractivity contribution in [2.75, 3.05) is 0 Å². The summed E-state index contributed by atoms with van der Waals surface area (Å²) in [5.41, 5.74) is 5.44. The van der Waals surface area contributed by atoms with Crippen LogP contribution in [0.25, 0.3) is 10.9 Å². The van der Waals surface area contributed by atoms with E-state index in [0.29, 0.717) is 10.9 Å². The number of amides is 2. The smallest absolute Gasteiger partial charge is 0.370 e. The van der Waals surface area contributed by atoms with Crippen LogP contribution in [-0.4, -0.2) is 16.8 Å². The van der Waals surface area contributed by atoms with Crippen molar-refractivity contribution in [3.05, 3.63) is 71.4 Å². The van der Waals surface area contributed by atoms with Gasteiger partial charge in [0.05, 0.1) is 18.0 Å². The average molecular weight is 375 g/mol. The Morgan fingerprint density at radius 2 is 1.78 bits per heavy atom. The predicted octanol–water partition coefficient (Wildman–Crippen LogP) is 3.53. The lowest BCUT2D eigenvalue weighted by molar-refractivity contribution is -0.137. The van der Waals surface area contributed by atoms with Gasteiger partial charge in [-0.3, -0.25) is 9.59 Å². The van der Waals surface area contributed by atoms with E-state index in [1.165, 1.54) is 12.1 Å². The van der Waals surface area contributed by atoms with Gasteiger partial charge in [0.25, 0.3) is 5.91 Å². The Kier molecular flexibility index (Phi) is 4.89. The van der Waals surface area contributed by atoms with Gasteiger partial charge < -0.3 is 16.0 Å². The molecule has 140 valence electrons. The maximum Gasteiger partial charge on any atom is 0.416 e. The normalized spacial score (nSPS) is 12.7. The van der Waals surface area contributed by atoms with Crippen LogP contribution in [0.3, 0.4) is 0 Å². The molecular weight excluding hydrogens is 359 g/mol. The SMILES string of the molecule is NC(=O)C[C@@H](NC(=O)c1cc2ccc(C(F)(F)F)cc2[nH]1)c1ccccc1. The molecule has 27 heavy (non-hydrogen) atoms. The van der Waals surface area contributed by atoms with Gasteiger partial charge in [-0.05, 0) is 23.8 Å². The summed E-state index contributed by atoms with van der Waals surface area (Å²) in [4.78, 5) is 26.6. The Morgan fingerprint density at radius 1 is 1.07 bits per heavy atom. The zero-order valence-corrected chi connectivity index (χ0v) is 14.0. The Labute approximate surface area is 152 Å². The van der Waals surface area contributed by atoms with Crippen molar-refractivity contribution in [3.8, 4) is 0 Å². The highest BCUT2D eigenvalue weighted by Gasteiger charge is 2.30. The molecule has 1 atom stereocenters. The Bertz CT molecular complexity index is 981. The number of H-pyrrole nitrogens is 1. The van der Waals surface area contributed by atoms with Gasteiger partial charge in [0.1, 0.15) is 5.69 Å². The zero-order chi connectivity index (χ0) is 19.6. The van der Waals surface area contributed by atoms with Crippen LogP contribution in [0.5, 0.6) is 0 Å². The number of primary amides is 1. The third kappa shape index (κ3) is 4.28. The molecule has 0 saturated carbocycles. The van der Waals surface area contributed by atoms with Crippen molar-refractivity contribution in [1.29, 1.82) is 0 Å². The maximum atomic E-state index is 12.8. The highest BCUT2D eigenvalue weighted by Crippen LogP contribution is 2.31. The molecule has 1 heterocycles. The molecule has 3 rings (SSSR count). The van der Waals surface area contributed by atoms with Crippen molar-refractivity contribution in [1.82, 2.24) is 10.3 Å². The predicted molar refractivity (Wildman–Crippen MR) is 93.8 cm³/mol. The second-order valence-electron chi connectivity index (χ2n) is 6.09. The molecule has 2 aromatic carbocycles. The highest BCUT2D eigenvalue weighted by molar-refractivity contribution is 5.98. The molecule has 0 aliphatic carbocycles. The van der Waals surface area contributed by atoms with Gasteiger partial charge in [-0.25, -0.2) is 0 Å². The van der Waals surface area contributed by atoms with E-state index in [9.17, 15) is 22.8 Å². The van der Waals surface area contributed by atoms with Crippen LogP contribution in [0.15, 0.2) is 54.6 Å². The molecular formula is C19H16F3N3O2. The minimum absolute atomic E-state index is 0.0923. The van der Waals surface area contributed by atoms with Gasteiger partial charge in [0, 0.05) is 10.9 Å². The molecule has 0 aliphatic rings. The quantitative estimate of drug-likeness (QED) is 0.637. The van der Waals surface area contributed by atoms with E-state index in [4.69, 9.17) is 5.73 Å². The molecule has 0 radical (unpaired) electrons. The monoisotopic (exact) mass is 375 g/mol. The van der Waals surface area contributed by atoms with Crippen LogP contribution in [0.1, 0.15) is 34.1 Å². The molecule has 1 aromatic heterocycles. The number of nitrogens with two attached hydrogens (primary N) is 1. The van der Waals surface area contributed by atoms with Crippen molar-refractivity contribution in [2.45, 2.75) is 18.6 Å². The summed E-state index contributed by atoms with van der Waals surface area (Å²) in [6, 6.07) is 12.8. The molecule has 0 fully saturated rings. The van der Waals surface area contributed by atoms with Crippen LogP contribution in [-0.2, 0) is 11.0 Å². The number of aromatic amines is 1. The molecule has 3 aromatic rings. The van der Waals surface area contributed by atoms with Crippen molar-refractivity contribution >= 4 is 22.7 Å². The maximum absolute atomic E-state index is 12.8. The fraction of sp³-hybridized carbons (Fsp3) is 0.158. The second-order valence-corrected chi connectivity index (χ2v) is 6.09. The zero-order valence-electron chi connectivity index (χ0n) is 14.0. The third-order valence-corrected chi connectivity index (χ3v) is 4.11. The van der Waals surface area contributed by atoms with E-state index < -0.39 is 29.6 Å². The van der Waals surface area contributed by atoms with Gasteiger partial charge >= 0.3 is 6.18 Å². The van der Waals surface area contributed by atoms with Crippen LogP contribution >= 0.6 is 0 Å². The van der Waals surface area contributed by atoms with Gasteiger partial charge in [0.2, 0.25) is 5.91 Å². The Balaban J connectivity index is 1.86. The molecule has 0 bridgehead atoms. The largest absolute Gasteiger partial charge is 0.416 e. The Hall–Kier alpha value is -3.29. The van der Waals surface area contributed by atoms with Gasteiger partial charge in [-0.15, -0.1) is 0 Å². The van der Waals surface area contributed by atoms with Crippen LogP contribution in [0, 0.1) is 0 Å². The summed E-state index contributed by atoms with van der Waals surface area (Å²) in [7, 11) is 0. The minimum Gasteiger partial charge on any atom is -0.370 e. The van der Waals surface area contributed by atoms with E-state index in [1.807, 2.05) is 0 Å². The van der Waals surface area contributed by atoms with Gasteiger partial charge in [0.15, 0.2) is 0 Å². The lowest BCUT2D eigenvalue weighted by Gasteiger charge is -2.17. The summed E-state index contributed by atoms with van der Waals surface area (Å²) in [5, 5.41) is 3.17. The van der Waals surface area contributed by atoms with E-state index in [2.05, 4.69) is 10.3 Å². The summed E-state index contributed by atoms with van der Waals surface area (Å²) in [5.74, 6) is -1.13. The summed E-state index contributed by atoms with van der Waals surface area (Å²) in [6.45, 7) is 0. The van der Waals surface area contributed by atoms with Crippen molar-refractivity contribution < 1.29 is 22.8 Å². The van der Waals surface area contributed by atoms with Crippen LogP contribution in [0.4, 0.5) is 13.2 Å². The van der Waals surface area contributed by atoms with Crippen LogP contribution < -0.4 is 11.1 Å². The Morgan fingerprint density at radius 3 is 2.41 bits per heavy atom. The standard InChI is InChI=1S/C19H16F3N3O2/c20-19(21,22)13-7-6-12-8-16(24-14(12)9-13)18(27)25-15(10-17(23)26)11-4-2-1-3-5-11/h1-9,15,24H,10H2,(H2,23,26)(H,25,27)/t15-/m1/s1. The number of rotatable bonds is 5. The van der Waals surface area contributed by atoms with E-state index in [1.54, 1.807) is 30.3 Å². The molecule has 8 heteroatoms. The summed E-state index contributed by atoms with van der Waals surface area (Å²) in [6.07, 6.45) is -4.57. The number of benzene rings is 2. The molecule has 0 unspecified atom stereocenters. The molecule has 0 aliphatic heterocycles. The second kappa shape index (κ2) is 7.14. The lowest BCUT2D eigenvalue weighted by atomic mass is 10.0. The molecule has 5 nitrogen and oxygen atoms in total. The highest BCUT2D eigenvalue weighted by atomic mass is 19.4. The first-order valence-corrected chi connectivity index (χ1v) is 8.08. The fourth-order valence-electron chi connectivity index (χ4n) is 2.80. The summed E-state index contributed by atoms with van der Waals surface area (Å²) < 4.78 is 38.5. The molecule has 0 saturated heterocycles. The number of aromatic nitrogens is 1. The third-order valence-electron chi connectivity index (χ3n) is 4.11. The number of carbonyl (C=O) groups excluding carboxylic acids is 2. The first-order valence-electron chi connectivity index (χ1n) is 8.08. The number of carbonyl (C=O) groups is 2. The minimum atomic E-state index is -4.47. The van der Waals surface area contributed by atoms with E-state index in [0.717, 1.165) is 12.1 Å². The number of alkyl halides is 3. The van der Waals surface area contributed by atoms with Gasteiger partial charge in [-0.1, -0.05) is 36.4 Å². The van der Waals surface area contributed by atoms with E-state index >= 15 is 0 Å². The molecule has 2 amide bonds. The summed E-state index contributed by atoms with van der Waals surface area (Å²) >= 11 is 0. The van der Waals surface area contributed by atoms with Crippen molar-refractivity contribution in [3.63, 3.8) is 0 Å². The van der Waals surface area contributed by atoms with Crippen molar-refractivity contribution in [2.24, 2.45) is 5.73 Å². The number of hydrogen-bond acceptors (Lipinski definition) is 2.